The first-order chi connectivity index (χ1) is 7.79. The number of halogens is 1. The van der Waals surface area contributed by atoms with E-state index in [1.54, 1.807) is 11.3 Å². The number of likely N-dealkylation sites (N-methyl/N-ethyl adjacent to an activating group) is 1. The van der Waals surface area contributed by atoms with Crippen LogP contribution in [0.25, 0.3) is 0 Å². The molecule has 0 aliphatic carbocycles. The second-order valence-corrected chi connectivity index (χ2v) is 5.39. The van der Waals surface area contributed by atoms with E-state index in [0.29, 0.717) is 6.04 Å². The Hall–Kier alpha value is -0.710. The first-order valence-electron chi connectivity index (χ1n) is 5.10. The standard InChI is InChI=1S/C12H13BrN2S/c1-14-11(12-6-9(13)8-16-12)7-10-4-2-3-5-15-10/h2-6,8,11,14H,7H2,1H3. The minimum Gasteiger partial charge on any atom is -0.312 e. The molecule has 2 aromatic heterocycles. The molecule has 0 fully saturated rings. The quantitative estimate of drug-likeness (QED) is 0.935. The number of rotatable bonds is 4. The van der Waals surface area contributed by atoms with Crippen molar-refractivity contribution in [2.24, 2.45) is 0 Å². The molecule has 0 saturated carbocycles. The molecule has 16 heavy (non-hydrogen) atoms. The highest BCUT2D eigenvalue weighted by Gasteiger charge is 2.12. The lowest BCUT2D eigenvalue weighted by Crippen LogP contribution is -2.18. The zero-order valence-electron chi connectivity index (χ0n) is 8.98. The van der Waals surface area contributed by atoms with Crippen molar-refractivity contribution in [2.45, 2.75) is 12.5 Å². The molecule has 2 aromatic rings. The third-order valence-electron chi connectivity index (χ3n) is 2.42. The Morgan fingerprint density at radius 1 is 1.50 bits per heavy atom. The summed E-state index contributed by atoms with van der Waals surface area (Å²) in [6, 6.07) is 8.53. The number of thiophene rings is 1. The molecule has 2 nitrogen and oxygen atoms in total. The molecule has 0 bridgehead atoms. The van der Waals surface area contributed by atoms with Gasteiger partial charge in [-0.1, -0.05) is 6.07 Å². The van der Waals surface area contributed by atoms with E-state index in [9.17, 15) is 0 Å². The van der Waals surface area contributed by atoms with Crippen LogP contribution in [-0.2, 0) is 6.42 Å². The van der Waals surface area contributed by atoms with Gasteiger partial charge in [0, 0.05) is 39.1 Å². The van der Waals surface area contributed by atoms with Gasteiger partial charge in [-0.2, -0.15) is 0 Å². The van der Waals surface area contributed by atoms with Crippen LogP contribution in [0.3, 0.4) is 0 Å². The summed E-state index contributed by atoms with van der Waals surface area (Å²) in [5.74, 6) is 0. The van der Waals surface area contributed by atoms with Crippen LogP contribution in [0.2, 0.25) is 0 Å². The molecule has 0 spiro atoms. The summed E-state index contributed by atoms with van der Waals surface area (Å²) in [5, 5.41) is 5.44. The maximum Gasteiger partial charge on any atom is 0.0468 e. The summed E-state index contributed by atoms with van der Waals surface area (Å²) >= 11 is 5.25. The first-order valence-corrected chi connectivity index (χ1v) is 6.78. The SMILES string of the molecule is CNC(Cc1ccccn1)c1cc(Br)cs1. The summed E-state index contributed by atoms with van der Waals surface area (Å²) in [7, 11) is 1.99. The van der Waals surface area contributed by atoms with E-state index in [1.807, 2.05) is 25.4 Å². The number of nitrogens with zero attached hydrogens (tertiary/aromatic N) is 1. The Morgan fingerprint density at radius 2 is 2.38 bits per heavy atom. The Kier molecular flexibility index (Phi) is 4.09. The van der Waals surface area contributed by atoms with Crippen molar-refractivity contribution in [3.8, 4) is 0 Å². The van der Waals surface area contributed by atoms with Gasteiger partial charge in [-0.25, -0.2) is 0 Å². The van der Waals surface area contributed by atoms with E-state index in [1.165, 1.54) is 4.88 Å². The highest BCUT2D eigenvalue weighted by molar-refractivity contribution is 9.10. The zero-order chi connectivity index (χ0) is 11.4. The molecule has 0 aliphatic rings. The fourth-order valence-electron chi connectivity index (χ4n) is 1.58. The molecule has 4 heteroatoms. The number of aromatic nitrogens is 1. The van der Waals surface area contributed by atoms with Gasteiger partial charge in [0.1, 0.15) is 0 Å². The van der Waals surface area contributed by atoms with Gasteiger partial charge in [0.15, 0.2) is 0 Å². The average Bonchev–Trinajstić information content (AvgIpc) is 2.74. The van der Waals surface area contributed by atoms with Crippen LogP contribution in [0.4, 0.5) is 0 Å². The molecule has 0 amide bonds. The Balaban J connectivity index is 2.12. The van der Waals surface area contributed by atoms with E-state index >= 15 is 0 Å². The predicted octanol–water partition coefficient (Wildman–Crippen LogP) is 3.41. The zero-order valence-corrected chi connectivity index (χ0v) is 11.4. The van der Waals surface area contributed by atoms with Gasteiger partial charge < -0.3 is 5.32 Å². The smallest absolute Gasteiger partial charge is 0.0468 e. The number of hydrogen-bond donors (Lipinski definition) is 1. The summed E-state index contributed by atoms with van der Waals surface area (Å²) in [6.45, 7) is 0. The minimum absolute atomic E-state index is 0.339. The topological polar surface area (TPSA) is 24.9 Å². The molecule has 2 rings (SSSR count). The van der Waals surface area contributed by atoms with Crippen LogP contribution in [0.5, 0.6) is 0 Å². The molecule has 1 unspecified atom stereocenters. The minimum atomic E-state index is 0.339. The molecule has 1 N–H and O–H groups in total. The summed E-state index contributed by atoms with van der Waals surface area (Å²) in [6.07, 6.45) is 2.76. The lowest BCUT2D eigenvalue weighted by Gasteiger charge is -2.13. The monoisotopic (exact) mass is 296 g/mol. The van der Waals surface area contributed by atoms with E-state index < -0.39 is 0 Å². The van der Waals surface area contributed by atoms with Gasteiger partial charge in [-0.3, -0.25) is 4.98 Å². The van der Waals surface area contributed by atoms with Crippen molar-refractivity contribution in [1.29, 1.82) is 0 Å². The second kappa shape index (κ2) is 5.57. The highest BCUT2D eigenvalue weighted by atomic mass is 79.9. The van der Waals surface area contributed by atoms with Crippen molar-refractivity contribution in [1.82, 2.24) is 10.3 Å². The number of pyridine rings is 1. The van der Waals surface area contributed by atoms with Crippen molar-refractivity contribution in [3.05, 3.63) is 50.9 Å². The molecule has 0 radical (unpaired) electrons. The highest BCUT2D eigenvalue weighted by Crippen LogP contribution is 2.27. The van der Waals surface area contributed by atoms with Gasteiger partial charge in [-0.15, -0.1) is 11.3 Å². The Bertz CT molecular complexity index is 441. The lowest BCUT2D eigenvalue weighted by atomic mass is 10.1. The van der Waals surface area contributed by atoms with Crippen molar-refractivity contribution in [2.75, 3.05) is 7.05 Å². The van der Waals surface area contributed by atoms with Crippen LogP contribution >= 0.6 is 27.3 Å². The lowest BCUT2D eigenvalue weighted by molar-refractivity contribution is 0.594. The maximum absolute atomic E-state index is 4.35. The van der Waals surface area contributed by atoms with Gasteiger partial charge in [0.2, 0.25) is 0 Å². The van der Waals surface area contributed by atoms with Crippen molar-refractivity contribution in [3.63, 3.8) is 0 Å². The van der Waals surface area contributed by atoms with Gasteiger partial charge >= 0.3 is 0 Å². The second-order valence-electron chi connectivity index (χ2n) is 3.53. The molecular formula is C12H13BrN2S. The van der Waals surface area contributed by atoms with Crippen molar-refractivity contribution < 1.29 is 0 Å². The van der Waals surface area contributed by atoms with Crippen LogP contribution in [0, 0.1) is 0 Å². The van der Waals surface area contributed by atoms with Gasteiger partial charge in [0.05, 0.1) is 0 Å². The van der Waals surface area contributed by atoms with E-state index in [4.69, 9.17) is 0 Å². The average molecular weight is 297 g/mol. The molecule has 84 valence electrons. The number of hydrogen-bond acceptors (Lipinski definition) is 3. The fourth-order valence-corrected chi connectivity index (χ4v) is 3.14. The fraction of sp³-hybridized carbons (Fsp3) is 0.250. The number of nitrogens with one attached hydrogen (secondary N) is 1. The van der Waals surface area contributed by atoms with Gasteiger partial charge in [-0.05, 0) is 41.2 Å². The molecular weight excluding hydrogens is 284 g/mol. The van der Waals surface area contributed by atoms with Crippen LogP contribution in [0.15, 0.2) is 40.3 Å². The largest absolute Gasteiger partial charge is 0.312 e. The molecule has 2 heterocycles. The van der Waals surface area contributed by atoms with Gasteiger partial charge in [0.25, 0.3) is 0 Å². The van der Waals surface area contributed by atoms with Crippen LogP contribution in [-0.4, -0.2) is 12.0 Å². The normalized spacial score (nSPS) is 12.6. The maximum atomic E-state index is 4.35. The van der Waals surface area contributed by atoms with E-state index in [-0.39, 0.29) is 0 Å². The summed E-state index contributed by atoms with van der Waals surface area (Å²) in [5.41, 5.74) is 1.12. The molecule has 0 aliphatic heterocycles. The molecule has 0 saturated heterocycles. The third kappa shape index (κ3) is 2.90. The van der Waals surface area contributed by atoms with E-state index in [0.717, 1.165) is 16.6 Å². The molecule has 1 atom stereocenters. The van der Waals surface area contributed by atoms with E-state index in [2.05, 4.69) is 43.7 Å². The summed E-state index contributed by atoms with van der Waals surface area (Å²) < 4.78 is 1.15. The predicted molar refractivity (Wildman–Crippen MR) is 71.8 cm³/mol. The Labute approximate surface area is 108 Å². The summed E-state index contributed by atoms with van der Waals surface area (Å²) in [4.78, 5) is 5.69. The third-order valence-corrected chi connectivity index (χ3v) is 4.23. The van der Waals surface area contributed by atoms with Crippen molar-refractivity contribution >= 4 is 27.3 Å². The first kappa shape index (κ1) is 11.8. The van der Waals surface area contributed by atoms with Crippen LogP contribution in [0.1, 0.15) is 16.6 Å². The Morgan fingerprint density at radius 3 is 2.94 bits per heavy atom. The molecule has 0 aromatic carbocycles. The van der Waals surface area contributed by atoms with Crippen LogP contribution < -0.4 is 5.32 Å².